The van der Waals surface area contributed by atoms with Gasteiger partial charge in [0.05, 0.1) is 22.7 Å². The Hall–Kier alpha value is -4.61. The van der Waals surface area contributed by atoms with Gasteiger partial charge in [0.2, 0.25) is 11.6 Å². The van der Waals surface area contributed by atoms with Gasteiger partial charge < -0.3 is 10.1 Å². The van der Waals surface area contributed by atoms with Gasteiger partial charge in [0.1, 0.15) is 6.33 Å². The molecule has 0 aliphatic rings. The number of rotatable bonds is 8. The number of nitrogens with one attached hydrogen (secondary N) is 3. The summed E-state index contributed by atoms with van der Waals surface area (Å²) in [6, 6.07) is 9.24. The summed E-state index contributed by atoms with van der Waals surface area (Å²) in [7, 11) is 0. The minimum atomic E-state index is -0.687. The number of benzene rings is 1. The first kappa shape index (κ1) is 21.1. The molecular weight excluding hydrogens is 406 g/mol. The monoisotopic (exact) mass is 423 g/mol. The quantitative estimate of drug-likeness (QED) is 0.279. The predicted molar refractivity (Wildman–Crippen MR) is 110 cm³/mol. The normalized spacial score (nSPS) is 10.1. The second-order valence-electron chi connectivity index (χ2n) is 5.92. The Labute approximate surface area is 175 Å². The van der Waals surface area contributed by atoms with Crippen LogP contribution in [0, 0.1) is 10.1 Å². The van der Waals surface area contributed by atoms with E-state index in [1.165, 1.54) is 30.6 Å². The van der Waals surface area contributed by atoms with Crippen molar-refractivity contribution in [2.75, 3.05) is 17.3 Å². The van der Waals surface area contributed by atoms with Crippen LogP contribution in [0.4, 0.5) is 23.0 Å². The topological polar surface area (TPSA) is 161 Å². The van der Waals surface area contributed by atoms with Crippen molar-refractivity contribution in [1.29, 1.82) is 0 Å². The fourth-order valence-electron chi connectivity index (χ4n) is 2.46. The average molecular weight is 423 g/mol. The summed E-state index contributed by atoms with van der Waals surface area (Å²) in [5.41, 5.74) is 5.32. The largest absolute Gasteiger partial charge is 0.462 e. The number of anilines is 3. The summed E-state index contributed by atoms with van der Waals surface area (Å²) in [6.07, 6.45) is 3.95. The molecule has 0 radical (unpaired) electrons. The van der Waals surface area contributed by atoms with Crippen LogP contribution < -0.4 is 16.2 Å². The first-order valence-corrected chi connectivity index (χ1v) is 8.99. The lowest BCUT2D eigenvalue weighted by atomic mass is 10.2. The van der Waals surface area contributed by atoms with Crippen molar-refractivity contribution in [1.82, 2.24) is 20.4 Å². The highest BCUT2D eigenvalue weighted by Gasteiger charge is 2.24. The van der Waals surface area contributed by atoms with E-state index in [9.17, 15) is 19.7 Å². The summed E-state index contributed by atoms with van der Waals surface area (Å²) in [5.74, 6) is -1.35. The van der Waals surface area contributed by atoms with E-state index in [-0.39, 0.29) is 23.8 Å². The lowest BCUT2D eigenvalue weighted by Crippen LogP contribution is -2.30. The smallest absolute Gasteiger partial charge is 0.355 e. The van der Waals surface area contributed by atoms with Gasteiger partial charge in [-0.2, -0.15) is 0 Å². The van der Waals surface area contributed by atoms with Gasteiger partial charge in [0.25, 0.3) is 5.91 Å². The summed E-state index contributed by atoms with van der Waals surface area (Å²) < 4.78 is 4.91. The predicted octanol–water partition coefficient (Wildman–Crippen LogP) is 2.46. The zero-order chi connectivity index (χ0) is 22.2. The Bertz CT molecular complexity index is 1090. The van der Waals surface area contributed by atoms with Gasteiger partial charge in [0.15, 0.2) is 0 Å². The first-order valence-electron chi connectivity index (χ1n) is 8.99. The second kappa shape index (κ2) is 9.73. The SMILES string of the molecule is CCOC(=O)c1ccc(Nc2ncnc(NNC(=O)c3cccnc3)c2[N+](=O)[O-])cc1. The number of pyridine rings is 1. The third-order valence-corrected chi connectivity index (χ3v) is 3.88. The Kier molecular flexibility index (Phi) is 6.63. The van der Waals surface area contributed by atoms with E-state index in [4.69, 9.17) is 4.74 Å². The lowest BCUT2D eigenvalue weighted by Gasteiger charge is -2.11. The fraction of sp³-hybridized carbons (Fsp3) is 0.105. The molecule has 1 amide bonds. The molecule has 12 heteroatoms. The number of carbonyl (C=O) groups excluding carboxylic acids is 2. The number of carbonyl (C=O) groups is 2. The minimum Gasteiger partial charge on any atom is -0.462 e. The van der Waals surface area contributed by atoms with Gasteiger partial charge in [-0.1, -0.05) is 0 Å². The number of ether oxygens (including phenoxy) is 1. The molecule has 3 N–H and O–H groups in total. The van der Waals surface area contributed by atoms with Gasteiger partial charge in [-0.25, -0.2) is 14.8 Å². The number of esters is 1. The number of nitrogens with zero attached hydrogens (tertiary/aromatic N) is 4. The number of hydrogen-bond acceptors (Lipinski definition) is 10. The van der Waals surface area contributed by atoms with Crippen LogP contribution in [-0.2, 0) is 4.74 Å². The van der Waals surface area contributed by atoms with Crippen LogP contribution >= 0.6 is 0 Å². The third-order valence-electron chi connectivity index (χ3n) is 3.88. The zero-order valence-corrected chi connectivity index (χ0v) is 16.2. The van der Waals surface area contributed by atoms with E-state index in [0.29, 0.717) is 11.3 Å². The molecule has 0 saturated heterocycles. The average Bonchev–Trinajstić information content (AvgIpc) is 2.78. The van der Waals surface area contributed by atoms with Crippen LogP contribution in [0.15, 0.2) is 55.1 Å². The van der Waals surface area contributed by atoms with E-state index < -0.39 is 22.5 Å². The van der Waals surface area contributed by atoms with E-state index in [2.05, 4.69) is 31.1 Å². The molecule has 0 fully saturated rings. The minimum absolute atomic E-state index is 0.109. The highest BCUT2D eigenvalue weighted by Crippen LogP contribution is 2.30. The molecule has 1 aromatic carbocycles. The number of hydrogen-bond donors (Lipinski definition) is 3. The highest BCUT2D eigenvalue weighted by atomic mass is 16.6. The molecule has 0 spiro atoms. The van der Waals surface area contributed by atoms with E-state index in [1.807, 2.05) is 0 Å². The Morgan fingerprint density at radius 1 is 1.10 bits per heavy atom. The third kappa shape index (κ3) is 5.26. The van der Waals surface area contributed by atoms with Crippen molar-refractivity contribution in [3.63, 3.8) is 0 Å². The van der Waals surface area contributed by atoms with Crippen LogP contribution in [0.1, 0.15) is 27.6 Å². The van der Waals surface area contributed by atoms with Crippen LogP contribution in [0.5, 0.6) is 0 Å². The molecule has 31 heavy (non-hydrogen) atoms. The number of hydrazine groups is 1. The lowest BCUT2D eigenvalue weighted by molar-refractivity contribution is -0.383. The maximum absolute atomic E-state index is 12.1. The molecule has 0 aliphatic heterocycles. The second-order valence-corrected chi connectivity index (χ2v) is 5.92. The molecule has 3 aromatic rings. The van der Waals surface area contributed by atoms with Crippen molar-refractivity contribution >= 4 is 34.9 Å². The van der Waals surface area contributed by atoms with Gasteiger partial charge in [-0.05, 0) is 43.3 Å². The maximum atomic E-state index is 12.1. The molecule has 3 rings (SSSR count). The van der Waals surface area contributed by atoms with Gasteiger partial charge in [0, 0.05) is 18.1 Å². The number of nitro groups is 1. The van der Waals surface area contributed by atoms with Crippen molar-refractivity contribution in [2.45, 2.75) is 6.92 Å². The van der Waals surface area contributed by atoms with E-state index in [1.54, 1.807) is 25.1 Å². The maximum Gasteiger partial charge on any atom is 0.355 e. The van der Waals surface area contributed by atoms with Crippen molar-refractivity contribution < 1.29 is 19.2 Å². The van der Waals surface area contributed by atoms with Crippen molar-refractivity contribution in [3.8, 4) is 0 Å². The van der Waals surface area contributed by atoms with Crippen LogP contribution in [0.3, 0.4) is 0 Å². The van der Waals surface area contributed by atoms with Crippen LogP contribution in [0.2, 0.25) is 0 Å². The molecule has 0 atom stereocenters. The zero-order valence-electron chi connectivity index (χ0n) is 16.2. The summed E-state index contributed by atoms with van der Waals surface area (Å²) in [6.45, 7) is 1.95. The van der Waals surface area contributed by atoms with E-state index in [0.717, 1.165) is 6.33 Å². The molecule has 0 bridgehead atoms. The van der Waals surface area contributed by atoms with Gasteiger partial charge in [-0.15, -0.1) is 0 Å². The Morgan fingerprint density at radius 3 is 2.48 bits per heavy atom. The molecular formula is C19H17N7O5. The molecule has 0 unspecified atom stereocenters. The standard InChI is InChI=1S/C19H17N7O5/c1-2-31-19(28)12-5-7-14(8-6-12)23-16-15(26(29)30)17(22-11-21-16)24-25-18(27)13-4-3-9-20-10-13/h3-11H,2H2,1H3,(H,25,27)(H2,21,22,23,24). The van der Waals surface area contributed by atoms with Crippen LogP contribution in [0.25, 0.3) is 0 Å². The Morgan fingerprint density at radius 2 is 1.84 bits per heavy atom. The van der Waals surface area contributed by atoms with E-state index >= 15 is 0 Å². The number of aromatic nitrogens is 3. The molecule has 2 heterocycles. The van der Waals surface area contributed by atoms with Crippen molar-refractivity contribution in [3.05, 3.63) is 76.4 Å². The van der Waals surface area contributed by atoms with Crippen LogP contribution in [-0.4, -0.2) is 38.4 Å². The summed E-state index contributed by atoms with van der Waals surface area (Å²) >= 11 is 0. The summed E-state index contributed by atoms with van der Waals surface area (Å²) in [4.78, 5) is 46.4. The van der Waals surface area contributed by atoms with Gasteiger partial charge >= 0.3 is 11.7 Å². The molecule has 12 nitrogen and oxygen atoms in total. The Balaban J connectivity index is 1.78. The first-order chi connectivity index (χ1) is 15.0. The fourth-order valence-corrected chi connectivity index (χ4v) is 2.46. The molecule has 2 aromatic heterocycles. The van der Waals surface area contributed by atoms with Crippen molar-refractivity contribution in [2.24, 2.45) is 0 Å². The number of amides is 1. The molecule has 158 valence electrons. The summed E-state index contributed by atoms with van der Waals surface area (Å²) in [5, 5.41) is 14.4. The molecule has 0 aliphatic carbocycles. The molecule has 0 saturated carbocycles. The highest BCUT2D eigenvalue weighted by molar-refractivity contribution is 5.94. The van der Waals surface area contributed by atoms with Gasteiger partial charge in [-0.3, -0.25) is 30.7 Å².